The number of aromatic nitrogens is 1. The first-order valence-electron chi connectivity index (χ1n) is 9.16. The summed E-state index contributed by atoms with van der Waals surface area (Å²) in [6.45, 7) is 3.50. The predicted molar refractivity (Wildman–Crippen MR) is 99.7 cm³/mol. The van der Waals surface area contributed by atoms with Crippen molar-refractivity contribution < 1.29 is 19.7 Å². The number of anilines is 1. The van der Waals surface area contributed by atoms with Crippen LogP contribution in [0.5, 0.6) is 5.75 Å². The number of piperidine rings is 1. The molecule has 140 valence electrons. The van der Waals surface area contributed by atoms with Gasteiger partial charge in [0.05, 0.1) is 24.9 Å². The standard InChI is InChI=1S/C20H26N2O4/c1-19(24)13-20(26-12-16(19)23)8-10-22(11-9-20)17-7-6-14-4-3-5-15(25-2)18(14)21-17/h3-7,16,23-24H,8-13H2,1-2H3/t16-,19-/m0/s1. The first-order valence-corrected chi connectivity index (χ1v) is 9.16. The van der Waals surface area contributed by atoms with E-state index >= 15 is 0 Å². The van der Waals surface area contributed by atoms with Crippen LogP contribution >= 0.6 is 0 Å². The van der Waals surface area contributed by atoms with Crippen LogP contribution in [0.4, 0.5) is 5.82 Å². The van der Waals surface area contributed by atoms with E-state index in [2.05, 4.69) is 11.0 Å². The average Bonchev–Trinajstić information content (AvgIpc) is 2.64. The molecule has 0 bridgehead atoms. The summed E-state index contributed by atoms with van der Waals surface area (Å²) in [7, 11) is 1.66. The van der Waals surface area contributed by atoms with Gasteiger partial charge in [-0.2, -0.15) is 0 Å². The van der Waals surface area contributed by atoms with Crippen molar-refractivity contribution in [3.63, 3.8) is 0 Å². The number of hydrogen-bond donors (Lipinski definition) is 2. The van der Waals surface area contributed by atoms with Gasteiger partial charge >= 0.3 is 0 Å². The van der Waals surface area contributed by atoms with E-state index in [1.165, 1.54) is 0 Å². The maximum atomic E-state index is 10.4. The van der Waals surface area contributed by atoms with Crippen LogP contribution in [0.1, 0.15) is 26.2 Å². The summed E-state index contributed by atoms with van der Waals surface area (Å²) in [4.78, 5) is 7.06. The molecule has 6 nitrogen and oxygen atoms in total. The van der Waals surface area contributed by atoms with Crippen LogP contribution in [-0.4, -0.2) is 59.3 Å². The molecule has 0 saturated carbocycles. The molecule has 2 N–H and O–H groups in total. The van der Waals surface area contributed by atoms with Crippen LogP contribution in [-0.2, 0) is 4.74 Å². The second-order valence-corrected chi connectivity index (χ2v) is 7.73. The molecule has 4 rings (SSSR count). The van der Waals surface area contributed by atoms with Crippen molar-refractivity contribution in [2.75, 3.05) is 31.7 Å². The normalized spacial score (nSPS) is 28.5. The van der Waals surface area contributed by atoms with Gasteiger partial charge in [0.1, 0.15) is 23.2 Å². The topological polar surface area (TPSA) is 75.1 Å². The van der Waals surface area contributed by atoms with Gasteiger partial charge in [0.15, 0.2) is 0 Å². The molecular weight excluding hydrogens is 332 g/mol. The minimum atomic E-state index is -1.09. The molecule has 0 aliphatic carbocycles. The fourth-order valence-electron chi connectivity index (χ4n) is 4.17. The highest BCUT2D eigenvalue weighted by atomic mass is 16.5. The van der Waals surface area contributed by atoms with Gasteiger partial charge in [-0.25, -0.2) is 4.98 Å². The Balaban J connectivity index is 1.52. The maximum Gasteiger partial charge on any atom is 0.145 e. The van der Waals surface area contributed by atoms with Crippen molar-refractivity contribution in [1.82, 2.24) is 4.98 Å². The van der Waals surface area contributed by atoms with Crippen LogP contribution in [0.25, 0.3) is 10.9 Å². The van der Waals surface area contributed by atoms with E-state index in [1.807, 2.05) is 24.3 Å². The van der Waals surface area contributed by atoms with Gasteiger partial charge in [-0.1, -0.05) is 12.1 Å². The number of benzene rings is 1. The second-order valence-electron chi connectivity index (χ2n) is 7.73. The van der Waals surface area contributed by atoms with Crippen molar-refractivity contribution in [2.45, 2.75) is 43.5 Å². The molecule has 1 aromatic carbocycles. The zero-order valence-corrected chi connectivity index (χ0v) is 15.3. The summed E-state index contributed by atoms with van der Waals surface area (Å²) >= 11 is 0. The first-order chi connectivity index (χ1) is 12.4. The number of methoxy groups -OCH3 is 1. The molecule has 0 amide bonds. The lowest BCUT2D eigenvalue weighted by Crippen LogP contribution is -2.59. The van der Waals surface area contributed by atoms with E-state index in [1.54, 1.807) is 14.0 Å². The van der Waals surface area contributed by atoms with Crippen LogP contribution in [0.15, 0.2) is 30.3 Å². The Morgan fingerprint density at radius 3 is 2.69 bits per heavy atom. The molecule has 2 fully saturated rings. The monoisotopic (exact) mass is 358 g/mol. The Morgan fingerprint density at radius 1 is 1.23 bits per heavy atom. The lowest BCUT2D eigenvalue weighted by atomic mass is 9.76. The van der Waals surface area contributed by atoms with Gasteiger partial charge in [0.2, 0.25) is 0 Å². The molecule has 3 heterocycles. The van der Waals surface area contributed by atoms with Crippen molar-refractivity contribution in [1.29, 1.82) is 0 Å². The number of nitrogens with zero attached hydrogens (tertiary/aromatic N) is 2. The number of hydrogen-bond acceptors (Lipinski definition) is 6. The van der Waals surface area contributed by atoms with Crippen LogP contribution in [0.3, 0.4) is 0 Å². The first kappa shape index (κ1) is 17.5. The van der Waals surface area contributed by atoms with Gasteiger partial charge in [-0.15, -0.1) is 0 Å². The van der Waals surface area contributed by atoms with E-state index in [4.69, 9.17) is 14.5 Å². The summed E-state index contributed by atoms with van der Waals surface area (Å²) in [6.07, 6.45) is 1.26. The molecule has 2 aliphatic heterocycles. The summed E-state index contributed by atoms with van der Waals surface area (Å²) in [6, 6.07) is 10.0. The lowest BCUT2D eigenvalue weighted by Gasteiger charge is -2.50. The lowest BCUT2D eigenvalue weighted by molar-refractivity contribution is -0.216. The Hall–Kier alpha value is -1.89. The third kappa shape index (κ3) is 3.02. The fourth-order valence-corrected chi connectivity index (χ4v) is 4.17. The van der Waals surface area contributed by atoms with E-state index < -0.39 is 11.7 Å². The number of para-hydroxylation sites is 1. The van der Waals surface area contributed by atoms with E-state index in [-0.39, 0.29) is 12.2 Å². The molecule has 26 heavy (non-hydrogen) atoms. The predicted octanol–water partition coefficient (Wildman–Crippen LogP) is 2.11. The Morgan fingerprint density at radius 2 is 2.00 bits per heavy atom. The van der Waals surface area contributed by atoms with Gasteiger partial charge in [0.25, 0.3) is 0 Å². The molecule has 1 spiro atoms. The number of fused-ring (bicyclic) bond motifs is 1. The largest absolute Gasteiger partial charge is 0.494 e. The fraction of sp³-hybridized carbons (Fsp3) is 0.550. The summed E-state index contributed by atoms with van der Waals surface area (Å²) in [5.74, 6) is 1.71. The molecule has 1 aromatic heterocycles. The SMILES string of the molecule is COc1cccc2ccc(N3CCC4(CC3)C[C@](C)(O)[C@@H](O)CO4)nc12. The quantitative estimate of drug-likeness (QED) is 0.857. The number of ether oxygens (including phenoxy) is 2. The number of pyridine rings is 1. The summed E-state index contributed by atoms with van der Waals surface area (Å²) < 4.78 is 11.4. The van der Waals surface area contributed by atoms with Gasteiger partial charge in [-0.3, -0.25) is 0 Å². The summed E-state index contributed by atoms with van der Waals surface area (Å²) in [5.41, 5.74) is -0.573. The average molecular weight is 358 g/mol. The Labute approximate surface area is 153 Å². The Kier molecular flexibility index (Phi) is 4.29. The molecule has 2 atom stereocenters. The van der Waals surface area contributed by atoms with Crippen molar-refractivity contribution in [2.24, 2.45) is 0 Å². The highest BCUT2D eigenvalue weighted by molar-refractivity contribution is 5.86. The van der Waals surface area contributed by atoms with Crippen LogP contribution in [0.2, 0.25) is 0 Å². The van der Waals surface area contributed by atoms with Crippen LogP contribution < -0.4 is 9.64 Å². The highest BCUT2D eigenvalue weighted by Crippen LogP contribution is 2.40. The van der Waals surface area contributed by atoms with E-state index in [0.717, 1.165) is 48.4 Å². The molecule has 2 aromatic rings. The molecule has 6 heteroatoms. The van der Waals surface area contributed by atoms with Crippen molar-refractivity contribution in [3.8, 4) is 5.75 Å². The molecule has 0 radical (unpaired) electrons. The third-order valence-corrected chi connectivity index (χ3v) is 5.83. The molecule has 2 saturated heterocycles. The van der Waals surface area contributed by atoms with Crippen LogP contribution in [0, 0.1) is 0 Å². The van der Waals surface area contributed by atoms with Gasteiger partial charge < -0.3 is 24.6 Å². The summed E-state index contributed by atoms with van der Waals surface area (Å²) in [5, 5.41) is 21.4. The van der Waals surface area contributed by atoms with Crippen molar-refractivity contribution >= 4 is 16.7 Å². The number of aliphatic hydroxyl groups is 2. The number of rotatable bonds is 2. The van der Waals surface area contributed by atoms with Gasteiger partial charge in [0, 0.05) is 24.9 Å². The zero-order valence-electron chi connectivity index (χ0n) is 15.3. The molecular formula is C20H26N2O4. The second kappa shape index (κ2) is 6.37. The van der Waals surface area contributed by atoms with E-state index in [9.17, 15) is 10.2 Å². The molecule has 2 aliphatic rings. The zero-order chi connectivity index (χ0) is 18.4. The van der Waals surface area contributed by atoms with Gasteiger partial charge in [-0.05, 0) is 38.0 Å². The minimum absolute atomic E-state index is 0.193. The highest BCUT2D eigenvalue weighted by Gasteiger charge is 2.48. The number of aliphatic hydroxyl groups excluding tert-OH is 1. The van der Waals surface area contributed by atoms with Crippen molar-refractivity contribution in [3.05, 3.63) is 30.3 Å². The van der Waals surface area contributed by atoms with E-state index in [0.29, 0.717) is 6.42 Å². The molecule has 0 unspecified atom stereocenters. The maximum absolute atomic E-state index is 10.4. The minimum Gasteiger partial charge on any atom is -0.494 e. The third-order valence-electron chi connectivity index (χ3n) is 5.83. The smallest absolute Gasteiger partial charge is 0.145 e. The Bertz CT molecular complexity index is 799.